The van der Waals surface area contributed by atoms with Crippen molar-refractivity contribution in [2.24, 2.45) is 11.8 Å². The van der Waals surface area contributed by atoms with E-state index in [-0.39, 0.29) is 49.8 Å². The Hall–Kier alpha value is -4.62. The standard InChI is InChI=1S/C40H58O14/c1-25(18-20-34(43)47-7)17-19-32-36(48-8)28(4)33-23-51-40(46)35(33)37(32)52-24-53-38(44)26(2)15-13-11-9-10-12-14-16-27(3)39(45)54-31(21-49-29(5)41)22-50-30(6)42/h17,26-27,31H,9-16,18-24H2,1-8H3/b25-17+. The number of carbonyl (C=O) groups is 6. The Morgan fingerprint density at radius 2 is 1.35 bits per heavy atom. The van der Waals surface area contributed by atoms with Crippen LogP contribution in [-0.4, -0.2) is 76.1 Å². The molecule has 1 aliphatic rings. The third-order valence-corrected chi connectivity index (χ3v) is 9.19. The number of benzene rings is 1. The fraction of sp³-hybridized carbons (Fsp3) is 0.650. The van der Waals surface area contributed by atoms with Crippen LogP contribution in [-0.2, 0) is 65.4 Å². The topological polar surface area (TPSA) is 176 Å². The molecule has 0 spiro atoms. The second kappa shape index (κ2) is 23.9. The molecule has 0 saturated heterocycles. The smallest absolute Gasteiger partial charge is 0.342 e. The zero-order valence-electron chi connectivity index (χ0n) is 33.1. The number of cyclic esters (lactones) is 1. The first-order chi connectivity index (χ1) is 25.7. The van der Waals surface area contributed by atoms with Crippen molar-refractivity contribution in [1.82, 2.24) is 0 Å². The first-order valence-corrected chi connectivity index (χ1v) is 18.6. The molecule has 1 aromatic carbocycles. The number of esters is 6. The van der Waals surface area contributed by atoms with Crippen LogP contribution in [0.2, 0.25) is 0 Å². The molecule has 0 fully saturated rings. The number of unbranched alkanes of at least 4 members (excludes halogenated alkanes) is 5. The molecule has 0 amide bonds. The van der Waals surface area contributed by atoms with E-state index in [4.69, 9.17) is 37.9 Å². The summed E-state index contributed by atoms with van der Waals surface area (Å²) in [6.07, 6.45) is 8.95. The molecule has 0 saturated carbocycles. The summed E-state index contributed by atoms with van der Waals surface area (Å²) in [5.74, 6) is -2.62. The van der Waals surface area contributed by atoms with Crippen molar-refractivity contribution in [3.8, 4) is 11.5 Å². The molecule has 0 bridgehead atoms. The minimum absolute atomic E-state index is 0.0897. The van der Waals surface area contributed by atoms with E-state index in [1.807, 2.05) is 26.8 Å². The van der Waals surface area contributed by atoms with Gasteiger partial charge in [-0.3, -0.25) is 24.0 Å². The van der Waals surface area contributed by atoms with Gasteiger partial charge < -0.3 is 37.9 Å². The lowest BCUT2D eigenvalue weighted by molar-refractivity contribution is -0.168. The predicted molar refractivity (Wildman–Crippen MR) is 196 cm³/mol. The maximum Gasteiger partial charge on any atom is 0.342 e. The zero-order chi connectivity index (χ0) is 40.2. The van der Waals surface area contributed by atoms with Crippen molar-refractivity contribution in [3.63, 3.8) is 0 Å². The van der Waals surface area contributed by atoms with Crippen LogP contribution < -0.4 is 9.47 Å². The van der Waals surface area contributed by atoms with Crippen molar-refractivity contribution in [2.75, 3.05) is 34.2 Å². The van der Waals surface area contributed by atoms with Gasteiger partial charge in [0.1, 0.15) is 36.9 Å². The number of allylic oxidation sites excluding steroid dienone is 2. The molecule has 2 atom stereocenters. The van der Waals surface area contributed by atoms with E-state index in [9.17, 15) is 28.8 Å². The average Bonchev–Trinajstić information content (AvgIpc) is 3.53. The largest absolute Gasteiger partial charge is 0.496 e. The SMILES string of the molecule is COC(=O)CC/C(C)=C/Cc1c(OC)c(C)c2c(c1OCOC(=O)C(C)CCCCCCCCC(C)C(=O)OC(COC(C)=O)COC(C)=O)C(=O)OC2. The van der Waals surface area contributed by atoms with Crippen LogP contribution in [0.5, 0.6) is 11.5 Å². The molecule has 1 aromatic rings. The lowest BCUT2D eigenvalue weighted by Crippen LogP contribution is -2.32. The van der Waals surface area contributed by atoms with Crippen LogP contribution in [0.1, 0.15) is 126 Å². The Bertz CT molecular complexity index is 1460. The van der Waals surface area contributed by atoms with E-state index in [0.29, 0.717) is 48.1 Å². The zero-order valence-corrected chi connectivity index (χ0v) is 33.1. The van der Waals surface area contributed by atoms with Gasteiger partial charge in [0, 0.05) is 31.4 Å². The van der Waals surface area contributed by atoms with Crippen LogP contribution in [0.25, 0.3) is 0 Å². The van der Waals surface area contributed by atoms with Gasteiger partial charge in [-0.15, -0.1) is 0 Å². The van der Waals surface area contributed by atoms with Crippen LogP contribution in [0.15, 0.2) is 11.6 Å². The molecule has 0 aromatic heterocycles. The molecule has 54 heavy (non-hydrogen) atoms. The average molecular weight is 763 g/mol. The van der Waals surface area contributed by atoms with E-state index < -0.39 is 42.7 Å². The quantitative estimate of drug-likeness (QED) is 0.0350. The lowest BCUT2D eigenvalue weighted by Gasteiger charge is -2.20. The van der Waals surface area contributed by atoms with Gasteiger partial charge >= 0.3 is 35.8 Å². The minimum Gasteiger partial charge on any atom is -0.496 e. The summed E-state index contributed by atoms with van der Waals surface area (Å²) in [4.78, 5) is 72.0. The summed E-state index contributed by atoms with van der Waals surface area (Å²) < 4.78 is 42.5. The van der Waals surface area contributed by atoms with Gasteiger partial charge in [0.05, 0.1) is 26.1 Å². The lowest BCUT2D eigenvalue weighted by atomic mass is 9.94. The number of rotatable bonds is 25. The maximum atomic E-state index is 12.8. The van der Waals surface area contributed by atoms with Crippen LogP contribution in [0.3, 0.4) is 0 Å². The molecule has 302 valence electrons. The number of fused-ring (bicyclic) bond motifs is 1. The Labute approximate surface area is 318 Å². The van der Waals surface area contributed by atoms with Gasteiger partial charge in [-0.1, -0.05) is 64.0 Å². The van der Waals surface area contributed by atoms with Gasteiger partial charge in [0.25, 0.3) is 0 Å². The number of methoxy groups -OCH3 is 2. The number of hydrogen-bond acceptors (Lipinski definition) is 14. The second-order valence-corrected chi connectivity index (χ2v) is 13.6. The highest BCUT2D eigenvalue weighted by Crippen LogP contribution is 2.43. The van der Waals surface area contributed by atoms with Gasteiger partial charge in [0.2, 0.25) is 6.79 Å². The third kappa shape index (κ3) is 15.4. The normalized spacial score (nSPS) is 13.4. The molecule has 14 heteroatoms. The third-order valence-electron chi connectivity index (χ3n) is 9.19. The molecular formula is C40H58O14. The van der Waals surface area contributed by atoms with E-state index >= 15 is 0 Å². The second-order valence-electron chi connectivity index (χ2n) is 13.6. The Morgan fingerprint density at radius 3 is 1.91 bits per heavy atom. The van der Waals surface area contributed by atoms with Crippen LogP contribution in [0, 0.1) is 18.8 Å². The molecule has 1 heterocycles. The number of carbonyl (C=O) groups excluding carboxylic acids is 6. The molecule has 2 unspecified atom stereocenters. The molecule has 0 aliphatic carbocycles. The fourth-order valence-electron chi connectivity index (χ4n) is 5.90. The summed E-state index contributed by atoms with van der Waals surface area (Å²) in [5, 5.41) is 0. The van der Waals surface area contributed by atoms with Crippen molar-refractivity contribution >= 4 is 35.8 Å². The summed E-state index contributed by atoms with van der Waals surface area (Å²) in [5.41, 5.74) is 3.29. The van der Waals surface area contributed by atoms with E-state index in [1.165, 1.54) is 21.0 Å². The molecule has 0 radical (unpaired) electrons. The van der Waals surface area contributed by atoms with Gasteiger partial charge in [0.15, 0.2) is 6.10 Å². The minimum atomic E-state index is -0.860. The van der Waals surface area contributed by atoms with Crippen molar-refractivity contribution < 1.29 is 66.7 Å². The molecule has 0 N–H and O–H groups in total. The molecule has 1 aliphatic heterocycles. The first kappa shape index (κ1) is 45.5. The highest BCUT2D eigenvalue weighted by Gasteiger charge is 2.33. The fourth-order valence-corrected chi connectivity index (χ4v) is 5.90. The van der Waals surface area contributed by atoms with E-state index in [1.54, 1.807) is 14.0 Å². The molecule has 2 rings (SSSR count). The Kier molecular flexibility index (Phi) is 20.2. The maximum absolute atomic E-state index is 12.8. The Balaban J connectivity index is 1.80. The monoisotopic (exact) mass is 762 g/mol. The Morgan fingerprint density at radius 1 is 0.778 bits per heavy atom. The van der Waals surface area contributed by atoms with Crippen molar-refractivity contribution in [1.29, 1.82) is 0 Å². The van der Waals surface area contributed by atoms with E-state index in [2.05, 4.69) is 0 Å². The summed E-state index contributed by atoms with van der Waals surface area (Å²) in [7, 11) is 2.89. The predicted octanol–water partition coefficient (Wildman–Crippen LogP) is 6.43. The van der Waals surface area contributed by atoms with Gasteiger partial charge in [-0.2, -0.15) is 0 Å². The summed E-state index contributed by atoms with van der Waals surface area (Å²) in [6, 6.07) is 0. The van der Waals surface area contributed by atoms with Gasteiger partial charge in [-0.05, 0) is 45.1 Å². The molecule has 14 nitrogen and oxygen atoms in total. The summed E-state index contributed by atoms with van der Waals surface area (Å²) in [6.45, 7) is 9.15. The summed E-state index contributed by atoms with van der Waals surface area (Å²) >= 11 is 0. The highest BCUT2D eigenvalue weighted by molar-refractivity contribution is 5.98. The first-order valence-electron chi connectivity index (χ1n) is 18.6. The number of ether oxygens (including phenoxy) is 8. The number of hydrogen-bond donors (Lipinski definition) is 0. The van der Waals surface area contributed by atoms with Crippen molar-refractivity contribution in [2.45, 2.75) is 125 Å². The van der Waals surface area contributed by atoms with Gasteiger partial charge in [-0.25, -0.2) is 4.79 Å². The van der Waals surface area contributed by atoms with Crippen LogP contribution in [0.4, 0.5) is 0 Å². The van der Waals surface area contributed by atoms with Crippen LogP contribution >= 0.6 is 0 Å². The molecular weight excluding hydrogens is 704 g/mol. The highest BCUT2D eigenvalue weighted by atomic mass is 16.7. The van der Waals surface area contributed by atoms with E-state index in [0.717, 1.165) is 49.7 Å². The van der Waals surface area contributed by atoms with Crippen molar-refractivity contribution in [3.05, 3.63) is 33.9 Å².